The molecule has 17 heteroatoms. The van der Waals surface area contributed by atoms with Gasteiger partial charge < -0.3 is 15.4 Å². The molecule has 0 radical (unpaired) electrons. The average molecular weight is 717 g/mol. The zero-order valence-electron chi connectivity index (χ0n) is 26.1. The van der Waals surface area contributed by atoms with Crippen molar-refractivity contribution in [3.05, 3.63) is 95.3 Å². The SMILES string of the molecule is CCOC(=O)c1ccc(NC(=O)CSc2nnc(CNC(=O)c3ccc(S(=O)(=O)N4CCCC4)cc3)n2-c2cccc(C(F)(F)F)c2)cc1. The summed E-state index contributed by atoms with van der Waals surface area (Å²) in [5.74, 6) is -1.66. The summed E-state index contributed by atoms with van der Waals surface area (Å²) in [6.45, 7) is 2.53. The fourth-order valence-electron chi connectivity index (χ4n) is 4.94. The smallest absolute Gasteiger partial charge is 0.416 e. The third-order valence-electron chi connectivity index (χ3n) is 7.37. The monoisotopic (exact) mass is 716 g/mol. The number of nitrogens with one attached hydrogen (secondary N) is 2. The molecule has 3 aromatic carbocycles. The van der Waals surface area contributed by atoms with Gasteiger partial charge in [-0.3, -0.25) is 14.2 Å². The molecule has 5 rings (SSSR count). The number of alkyl halides is 3. The van der Waals surface area contributed by atoms with Crippen molar-refractivity contribution >= 4 is 45.3 Å². The van der Waals surface area contributed by atoms with Crippen molar-refractivity contribution in [2.45, 2.75) is 42.5 Å². The third-order valence-corrected chi connectivity index (χ3v) is 10.2. The molecule has 1 fully saturated rings. The molecule has 0 bridgehead atoms. The van der Waals surface area contributed by atoms with Crippen molar-refractivity contribution in [1.29, 1.82) is 0 Å². The number of benzene rings is 3. The molecule has 1 aliphatic heterocycles. The van der Waals surface area contributed by atoms with E-state index in [1.165, 1.54) is 69.5 Å². The van der Waals surface area contributed by atoms with Crippen molar-refractivity contribution in [2.75, 3.05) is 30.8 Å². The highest BCUT2D eigenvalue weighted by molar-refractivity contribution is 7.99. The summed E-state index contributed by atoms with van der Waals surface area (Å²) in [6, 6.07) is 16.0. The summed E-state index contributed by atoms with van der Waals surface area (Å²) in [7, 11) is -3.67. The van der Waals surface area contributed by atoms with Crippen LogP contribution in [0.2, 0.25) is 0 Å². The zero-order valence-corrected chi connectivity index (χ0v) is 27.7. The maximum atomic E-state index is 13.6. The molecule has 0 spiro atoms. The standard InChI is InChI=1S/C32H31F3N6O6S2/c1-2-47-30(44)22-8-12-24(13-9-22)37-28(42)20-48-31-39-38-27(41(31)25-7-5-6-23(18-25)32(33,34)35)19-36-29(43)21-10-14-26(15-11-21)49(45,46)40-16-3-4-17-40/h5-15,18H,2-4,16-17,19-20H2,1H3,(H,36,43)(H,37,42). The molecular weight excluding hydrogens is 686 g/mol. The lowest BCUT2D eigenvalue weighted by Crippen LogP contribution is -2.28. The summed E-state index contributed by atoms with van der Waals surface area (Å²) < 4.78 is 74.1. The van der Waals surface area contributed by atoms with Crippen LogP contribution in [0.1, 0.15) is 51.9 Å². The molecule has 258 valence electrons. The van der Waals surface area contributed by atoms with E-state index in [0.29, 0.717) is 24.3 Å². The number of sulfonamides is 1. The maximum absolute atomic E-state index is 13.6. The molecule has 2 N–H and O–H groups in total. The molecule has 0 unspecified atom stereocenters. The number of rotatable bonds is 12. The number of nitrogens with zero attached hydrogens (tertiary/aromatic N) is 4. The number of carbonyl (C=O) groups excluding carboxylic acids is 3. The van der Waals surface area contributed by atoms with E-state index in [4.69, 9.17) is 4.74 Å². The normalized spacial score (nSPS) is 13.6. The summed E-state index contributed by atoms with van der Waals surface area (Å²) in [4.78, 5) is 37.7. The van der Waals surface area contributed by atoms with E-state index in [1.807, 2.05) is 0 Å². The van der Waals surface area contributed by atoms with E-state index in [-0.39, 0.29) is 46.0 Å². The van der Waals surface area contributed by atoms with E-state index in [2.05, 4.69) is 20.8 Å². The zero-order chi connectivity index (χ0) is 35.2. The number of thioether (sulfide) groups is 1. The highest BCUT2D eigenvalue weighted by Crippen LogP contribution is 2.32. The Bertz CT molecular complexity index is 1930. The second kappa shape index (κ2) is 15.2. The summed E-state index contributed by atoms with van der Waals surface area (Å²) in [5.41, 5.74) is 0.0104. The second-order valence-electron chi connectivity index (χ2n) is 10.7. The first-order valence-corrected chi connectivity index (χ1v) is 17.5. The van der Waals surface area contributed by atoms with Gasteiger partial charge >= 0.3 is 12.1 Å². The van der Waals surface area contributed by atoms with Gasteiger partial charge in [0.15, 0.2) is 11.0 Å². The van der Waals surface area contributed by atoms with Crippen molar-refractivity contribution in [3.8, 4) is 5.69 Å². The lowest BCUT2D eigenvalue weighted by atomic mass is 10.2. The molecule has 1 aliphatic rings. The average Bonchev–Trinajstić information content (AvgIpc) is 3.78. The Morgan fingerprint density at radius 3 is 2.27 bits per heavy atom. The highest BCUT2D eigenvalue weighted by Gasteiger charge is 2.31. The molecule has 0 saturated carbocycles. The Hall–Kier alpha value is -4.74. The predicted molar refractivity (Wildman–Crippen MR) is 174 cm³/mol. The molecule has 12 nitrogen and oxygen atoms in total. The van der Waals surface area contributed by atoms with Crippen LogP contribution in [0.5, 0.6) is 0 Å². The summed E-state index contributed by atoms with van der Waals surface area (Å²) in [5, 5.41) is 13.6. The van der Waals surface area contributed by atoms with Gasteiger partial charge in [0.05, 0.1) is 40.6 Å². The second-order valence-corrected chi connectivity index (χ2v) is 13.6. The number of esters is 1. The number of ether oxygens (including phenoxy) is 1. The summed E-state index contributed by atoms with van der Waals surface area (Å²) >= 11 is 0.911. The van der Waals surface area contributed by atoms with E-state index in [9.17, 15) is 36.0 Å². The third kappa shape index (κ3) is 8.65. The van der Waals surface area contributed by atoms with Crippen molar-refractivity contribution < 1.29 is 40.7 Å². The van der Waals surface area contributed by atoms with Gasteiger partial charge in [0.2, 0.25) is 15.9 Å². The van der Waals surface area contributed by atoms with Crippen molar-refractivity contribution in [2.24, 2.45) is 0 Å². The van der Waals surface area contributed by atoms with Gasteiger partial charge in [0, 0.05) is 24.3 Å². The van der Waals surface area contributed by atoms with Crippen LogP contribution in [-0.4, -0.2) is 70.7 Å². The van der Waals surface area contributed by atoms with Gasteiger partial charge in [-0.1, -0.05) is 17.8 Å². The predicted octanol–water partition coefficient (Wildman–Crippen LogP) is 4.91. The van der Waals surface area contributed by atoms with Gasteiger partial charge in [0.1, 0.15) is 0 Å². The van der Waals surface area contributed by atoms with E-state index < -0.39 is 39.5 Å². The number of hydrogen-bond donors (Lipinski definition) is 2. The first-order chi connectivity index (χ1) is 23.4. The quantitative estimate of drug-likeness (QED) is 0.154. The molecule has 0 atom stereocenters. The van der Waals surface area contributed by atoms with Gasteiger partial charge in [-0.05, 0) is 86.5 Å². The molecule has 1 aromatic heterocycles. The number of halogens is 3. The number of aromatic nitrogens is 3. The molecule has 2 amide bonds. The first-order valence-electron chi connectivity index (χ1n) is 15.1. The van der Waals surface area contributed by atoms with Gasteiger partial charge in [0.25, 0.3) is 5.91 Å². The van der Waals surface area contributed by atoms with Gasteiger partial charge in [-0.15, -0.1) is 10.2 Å². The topological polar surface area (TPSA) is 153 Å². The molecule has 0 aliphatic carbocycles. The highest BCUT2D eigenvalue weighted by atomic mass is 32.2. The van der Waals surface area contributed by atoms with Crippen molar-refractivity contribution in [3.63, 3.8) is 0 Å². The van der Waals surface area contributed by atoms with Crippen LogP contribution in [0.15, 0.2) is 82.8 Å². The van der Waals surface area contributed by atoms with Crippen LogP contribution in [0.3, 0.4) is 0 Å². The van der Waals surface area contributed by atoms with Gasteiger partial charge in [-0.25, -0.2) is 13.2 Å². The van der Waals surface area contributed by atoms with Crippen LogP contribution >= 0.6 is 11.8 Å². The number of amides is 2. The van der Waals surface area contributed by atoms with E-state index in [0.717, 1.165) is 36.7 Å². The molecule has 4 aromatic rings. The maximum Gasteiger partial charge on any atom is 0.416 e. The Morgan fingerprint density at radius 1 is 0.939 bits per heavy atom. The number of anilines is 1. The van der Waals surface area contributed by atoms with E-state index >= 15 is 0 Å². The number of hydrogen-bond acceptors (Lipinski definition) is 9. The lowest BCUT2D eigenvalue weighted by Gasteiger charge is -2.15. The summed E-state index contributed by atoms with van der Waals surface area (Å²) in [6.07, 6.45) is -3.07. The first kappa shape index (κ1) is 35.6. The lowest BCUT2D eigenvalue weighted by molar-refractivity contribution is -0.137. The van der Waals surface area contributed by atoms with Gasteiger partial charge in [-0.2, -0.15) is 17.5 Å². The van der Waals surface area contributed by atoms with Crippen molar-refractivity contribution in [1.82, 2.24) is 24.4 Å². The molecule has 2 heterocycles. The van der Waals surface area contributed by atoms with Crippen LogP contribution in [0.25, 0.3) is 5.69 Å². The minimum absolute atomic E-state index is 0.0537. The van der Waals surface area contributed by atoms with Crippen LogP contribution < -0.4 is 10.6 Å². The Kier molecular flexibility index (Phi) is 11.0. The van der Waals surface area contributed by atoms with Crippen LogP contribution in [0.4, 0.5) is 18.9 Å². The fourth-order valence-corrected chi connectivity index (χ4v) is 7.23. The van der Waals surface area contributed by atoms with Crippen LogP contribution in [-0.2, 0) is 32.3 Å². The number of carbonyl (C=O) groups is 3. The minimum atomic E-state index is -4.64. The fraction of sp³-hybridized carbons (Fsp3) is 0.281. The molecular formula is C32H31F3N6O6S2. The molecule has 1 saturated heterocycles. The van der Waals surface area contributed by atoms with Crippen LogP contribution in [0, 0.1) is 0 Å². The minimum Gasteiger partial charge on any atom is -0.462 e. The Morgan fingerprint density at radius 2 is 1.61 bits per heavy atom. The van der Waals surface area contributed by atoms with E-state index in [1.54, 1.807) is 6.92 Å². The Balaban J connectivity index is 1.30. The Labute approximate surface area is 284 Å². The molecule has 49 heavy (non-hydrogen) atoms. The largest absolute Gasteiger partial charge is 0.462 e.